The number of nitrogens with two attached hydrogens (primary N) is 1. The first-order valence-corrected chi connectivity index (χ1v) is 6.81. The molecule has 1 aromatic carbocycles. The van der Waals surface area contributed by atoms with Crippen LogP contribution < -0.4 is 5.73 Å². The highest BCUT2D eigenvalue weighted by molar-refractivity contribution is 5.59. The number of rotatable bonds is 3. The third-order valence-electron chi connectivity index (χ3n) is 3.80. The van der Waals surface area contributed by atoms with Crippen LogP contribution in [0.3, 0.4) is 0 Å². The van der Waals surface area contributed by atoms with Crippen molar-refractivity contribution in [2.75, 3.05) is 18.8 Å². The highest BCUT2D eigenvalue weighted by atomic mass is 16.6. The van der Waals surface area contributed by atoms with E-state index in [0.29, 0.717) is 0 Å². The Labute approximate surface area is 113 Å². The second kappa shape index (κ2) is 6.02. The van der Waals surface area contributed by atoms with E-state index in [1.807, 2.05) is 6.07 Å². The first-order chi connectivity index (χ1) is 9.06. The lowest BCUT2D eigenvalue weighted by molar-refractivity contribution is -0.383. The van der Waals surface area contributed by atoms with Crippen molar-refractivity contribution in [2.24, 2.45) is 5.92 Å². The Balaban J connectivity index is 2.03. The SMILES string of the molecule is CC1CCCN(Cc2ccc([N+](=O)[O-])c(N)c2)CC1. The van der Waals surface area contributed by atoms with Crippen molar-refractivity contribution in [1.29, 1.82) is 0 Å². The zero-order valence-corrected chi connectivity index (χ0v) is 11.3. The minimum atomic E-state index is -0.438. The van der Waals surface area contributed by atoms with Crippen molar-refractivity contribution in [2.45, 2.75) is 32.7 Å². The Morgan fingerprint density at radius 2 is 2.21 bits per heavy atom. The largest absolute Gasteiger partial charge is 0.393 e. The van der Waals surface area contributed by atoms with Crippen molar-refractivity contribution in [3.05, 3.63) is 33.9 Å². The minimum absolute atomic E-state index is 0.00626. The van der Waals surface area contributed by atoms with Gasteiger partial charge in [-0.1, -0.05) is 13.0 Å². The second-order valence-electron chi connectivity index (χ2n) is 5.46. The lowest BCUT2D eigenvalue weighted by Gasteiger charge is -2.20. The topological polar surface area (TPSA) is 72.4 Å². The molecule has 0 bridgehead atoms. The second-order valence-corrected chi connectivity index (χ2v) is 5.46. The van der Waals surface area contributed by atoms with Crippen LogP contribution in [0.1, 0.15) is 31.7 Å². The molecule has 104 valence electrons. The molecule has 0 aromatic heterocycles. The average Bonchev–Trinajstić information content (AvgIpc) is 2.54. The molecule has 1 aromatic rings. The van der Waals surface area contributed by atoms with Crippen molar-refractivity contribution < 1.29 is 4.92 Å². The molecule has 0 amide bonds. The number of nitrogens with zero attached hydrogens (tertiary/aromatic N) is 2. The van der Waals surface area contributed by atoms with E-state index >= 15 is 0 Å². The predicted molar refractivity (Wildman–Crippen MR) is 75.8 cm³/mol. The number of nitrogen functional groups attached to an aromatic ring is 1. The van der Waals surface area contributed by atoms with Crippen molar-refractivity contribution in [1.82, 2.24) is 4.90 Å². The van der Waals surface area contributed by atoms with Gasteiger partial charge in [0.1, 0.15) is 5.69 Å². The summed E-state index contributed by atoms with van der Waals surface area (Å²) in [5, 5.41) is 10.7. The van der Waals surface area contributed by atoms with Gasteiger partial charge in [-0.2, -0.15) is 0 Å². The molecule has 1 atom stereocenters. The molecule has 2 rings (SSSR count). The fourth-order valence-electron chi connectivity index (χ4n) is 2.61. The summed E-state index contributed by atoms with van der Waals surface area (Å²) in [6, 6.07) is 5.04. The van der Waals surface area contributed by atoms with Crippen LogP contribution in [0.2, 0.25) is 0 Å². The molecule has 19 heavy (non-hydrogen) atoms. The van der Waals surface area contributed by atoms with Gasteiger partial charge in [0, 0.05) is 12.6 Å². The monoisotopic (exact) mass is 263 g/mol. The van der Waals surface area contributed by atoms with Gasteiger partial charge in [-0.25, -0.2) is 0 Å². The van der Waals surface area contributed by atoms with Crippen LogP contribution in [0.25, 0.3) is 0 Å². The Bertz CT molecular complexity index is 462. The zero-order chi connectivity index (χ0) is 13.8. The molecule has 1 aliphatic heterocycles. The molecule has 0 saturated carbocycles. The predicted octanol–water partition coefficient (Wildman–Crippen LogP) is 2.80. The first-order valence-electron chi connectivity index (χ1n) is 6.81. The number of nitro benzene ring substituents is 1. The molecule has 2 N–H and O–H groups in total. The third kappa shape index (κ3) is 3.67. The van der Waals surface area contributed by atoms with Crippen LogP contribution in [0.4, 0.5) is 11.4 Å². The summed E-state index contributed by atoms with van der Waals surface area (Å²) in [5.74, 6) is 0.798. The molecule has 1 unspecified atom stereocenters. The third-order valence-corrected chi connectivity index (χ3v) is 3.80. The maximum absolute atomic E-state index is 10.7. The Kier molecular flexibility index (Phi) is 4.37. The minimum Gasteiger partial charge on any atom is -0.393 e. The zero-order valence-electron chi connectivity index (χ0n) is 11.3. The maximum atomic E-state index is 10.7. The molecule has 0 aliphatic carbocycles. The maximum Gasteiger partial charge on any atom is 0.292 e. The lowest BCUT2D eigenvalue weighted by atomic mass is 10.0. The summed E-state index contributed by atoms with van der Waals surface area (Å²) in [6.45, 7) is 5.32. The van der Waals surface area contributed by atoms with E-state index in [0.717, 1.165) is 31.1 Å². The van der Waals surface area contributed by atoms with Crippen LogP contribution in [0, 0.1) is 16.0 Å². The van der Waals surface area contributed by atoms with Gasteiger partial charge in [0.2, 0.25) is 0 Å². The van der Waals surface area contributed by atoms with Gasteiger partial charge in [0.05, 0.1) is 4.92 Å². The fraction of sp³-hybridized carbons (Fsp3) is 0.571. The van der Waals surface area contributed by atoms with Gasteiger partial charge in [-0.3, -0.25) is 15.0 Å². The molecule has 1 aliphatic rings. The van der Waals surface area contributed by atoms with Gasteiger partial charge >= 0.3 is 0 Å². The summed E-state index contributed by atoms with van der Waals surface area (Å²) in [4.78, 5) is 12.7. The standard InChI is InChI=1S/C14H21N3O2/c1-11-3-2-7-16(8-6-11)10-12-4-5-14(17(18)19)13(15)9-12/h4-5,9,11H,2-3,6-8,10,15H2,1H3. The molecule has 1 saturated heterocycles. The van der Waals surface area contributed by atoms with Crippen LogP contribution in [-0.2, 0) is 6.54 Å². The highest BCUT2D eigenvalue weighted by Crippen LogP contribution is 2.24. The number of hydrogen-bond donors (Lipinski definition) is 1. The van der Waals surface area contributed by atoms with Gasteiger partial charge in [-0.15, -0.1) is 0 Å². The van der Waals surface area contributed by atoms with Crippen LogP contribution in [-0.4, -0.2) is 22.9 Å². The quantitative estimate of drug-likeness (QED) is 0.517. The Morgan fingerprint density at radius 1 is 1.42 bits per heavy atom. The summed E-state index contributed by atoms with van der Waals surface area (Å²) in [6.07, 6.45) is 3.74. The van der Waals surface area contributed by atoms with Gasteiger partial charge in [-0.05, 0) is 49.9 Å². The van der Waals surface area contributed by atoms with E-state index in [2.05, 4.69) is 11.8 Å². The summed E-state index contributed by atoms with van der Waals surface area (Å²) in [5.41, 5.74) is 7.02. The lowest BCUT2D eigenvalue weighted by Crippen LogP contribution is -2.24. The highest BCUT2D eigenvalue weighted by Gasteiger charge is 2.16. The summed E-state index contributed by atoms with van der Waals surface area (Å²) >= 11 is 0. The first kappa shape index (κ1) is 13.8. The van der Waals surface area contributed by atoms with Gasteiger partial charge in [0.25, 0.3) is 5.69 Å². The van der Waals surface area contributed by atoms with E-state index < -0.39 is 4.92 Å². The van der Waals surface area contributed by atoms with Crippen LogP contribution >= 0.6 is 0 Å². The fourth-order valence-corrected chi connectivity index (χ4v) is 2.61. The number of hydrogen-bond acceptors (Lipinski definition) is 4. The molecule has 0 radical (unpaired) electrons. The Hall–Kier alpha value is -1.62. The number of likely N-dealkylation sites (tertiary alicyclic amines) is 1. The molecule has 5 nitrogen and oxygen atoms in total. The molecular weight excluding hydrogens is 242 g/mol. The van der Waals surface area contributed by atoms with Crippen molar-refractivity contribution in [3.8, 4) is 0 Å². The average molecular weight is 263 g/mol. The van der Waals surface area contributed by atoms with Crippen molar-refractivity contribution in [3.63, 3.8) is 0 Å². The van der Waals surface area contributed by atoms with Gasteiger partial charge in [0.15, 0.2) is 0 Å². The van der Waals surface area contributed by atoms with Gasteiger partial charge < -0.3 is 5.73 Å². The number of benzene rings is 1. The van der Waals surface area contributed by atoms with Crippen molar-refractivity contribution >= 4 is 11.4 Å². The van der Waals surface area contributed by atoms with E-state index in [9.17, 15) is 10.1 Å². The van der Waals surface area contributed by atoms with E-state index in [1.54, 1.807) is 6.07 Å². The molecule has 0 spiro atoms. The number of anilines is 1. The van der Waals surface area contributed by atoms with E-state index in [-0.39, 0.29) is 11.4 Å². The smallest absolute Gasteiger partial charge is 0.292 e. The summed E-state index contributed by atoms with van der Waals surface area (Å²) in [7, 11) is 0. The number of nitro groups is 1. The molecular formula is C14H21N3O2. The normalized spacial score (nSPS) is 21.0. The summed E-state index contributed by atoms with van der Waals surface area (Å²) < 4.78 is 0. The Morgan fingerprint density at radius 3 is 2.89 bits per heavy atom. The van der Waals surface area contributed by atoms with E-state index in [1.165, 1.54) is 25.3 Å². The molecule has 1 heterocycles. The van der Waals surface area contributed by atoms with Crippen LogP contribution in [0.15, 0.2) is 18.2 Å². The van der Waals surface area contributed by atoms with Crippen LogP contribution in [0.5, 0.6) is 0 Å². The van der Waals surface area contributed by atoms with E-state index in [4.69, 9.17) is 5.73 Å². The molecule has 1 fully saturated rings. The molecule has 5 heteroatoms.